The Bertz CT molecular complexity index is 643. The van der Waals surface area contributed by atoms with Crippen LogP contribution in [0.3, 0.4) is 0 Å². The van der Waals surface area contributed by atoms with E-state index in [1.807, 2.05) is 0 Å². The molecule has 6 nitrogen and oxygen atoms in total. The lowest BCUT2D eigenvalue weighted by Gasteiger charge is -2.47. The summed E-state index contributed by atoms with van der Waals surface area (Å²) >= 11 is 0. The van der Waals surface area contributed by atoms with Crippen molar-refractivity contribution in [1.82, 2.24) is 25.3 Å². The zero-order valence-electron chi connectivity index (χ0n) is 14.7. The van der Waals surface area contributed by atoms with Gasteiger partial charge in [-0.15, -0.1) is 12.4 Å². The van der Waals surface area contributed by atoms with E-state index in [1.165, 1.54) is 32.2 Å². The Morgan fingerprint density at radius 2 is 2.04 bits per heavy atom. The summed E-state index contributed by atoms with van der Waals surface area (Å²) in [7, 11) is 0. The fraction of sp³-hybridized carbons (Fsp3) is 0.778. The smallest absolute Gasteiger partial charge is 0.274 e. The highest BCUT2D eigenvalue weighted by Crippen LogP contribution is 2.38. The summed E-state index contributed by atoms with van der Waals surface area (Å²) in [5.41, 5.74) is 2.90. The molecule has 4 heterocycles. The molecule has 2 N–H and O–H groups in total. The zero-order chi connectivity index (χ0) is 16.1. The number of carbonyl (C=O) groups excluding carboxylic acids is 1. The van der Waals surface area contributed by atoms with Crippen LogP contribution in [-0.4, -0.2) is 64.2 Å². The number of H-pyrrole nitrogens is 1. The Morgan fingerprint density at radius 1 is 1.16 bits per heavy atom. The highest BCUT2D eigenvalue weighted by atomic mass is 35.5. The summed E-state index contributed by atoms with van der Waals surface area (Å²) in [5, 5.41) is 10.8. The molecule has 0 spiro atoms. The maximum absolute atomic E-state index is 13.0. The highest BCUT2D eigenvalue weighted by molar-refractivity contribution is 5.94. The second kappa shape index (κ2) is 6.89. The number of aromatic amines is 1. The quantitative estimate of drug-likeness (QED) is 0.835. The number of aromatic nitrogens is 2. The van der Waals surface area contributed by atoms with E-state index < -0.39 is 0 Å². The predicted molar refractivity (Wildman–Crippen MR) is 98.0 cm³/mol. The number of hydrogen-bond donors (Lipinski definition) is 2. The Morgan fingerprint density at radius 3 is 2.88 bits per heavy atom. The number of likely N-dealkylation sites (tertiary alicyclic amines) is 2. The van der Waals surface area contributed by atoms with Gasteiger partial charge in [-0.2, -0.15) is 5.10 Å². The minimum Gasteiger partial charge on any atom is -0.337 e. The van der Waals surface area contributed by atoms with Crippen molar-refractivity contribution < 1.29 is 4.79 Å². The first-order valence-electron chi connectivity index (χ1n) is 9.63. The number of rotatable bonds is 2. The van der Waals surface area contributed by atoms with Crippen molar-refractivity contribution in [3.05, 3.63) is 17.0 Å². The van der Waals surface area contributed by atoms with Gasteiger partial charge in [0.25, 0.3) is 5.91 Å². The van der Waals surface area contributed by atoms with Gasteiger partial charge in [0.2, 0.25) is 0 Å². The summed E-state index contributed by atoms with van der Waals surface area (Å²) in [6.07, 6.45) is 7.42. The van der Waals surface area contributed by atoms with Gasteiger partial charge in [-0.3, -0.25) is 14.8 Å². The van der Waals surface area contributed by atoms with Crippen molar-refractivity contribution in [2.24, 2.45) is 5.92 Å². The van der Waals surface area contributed by atoms with Crippen LogP contribution in [0, 0.1) is 5.92 Å². The molecule has 5 rings (SSSR count). The number of carbonyl (C=O) groups is 1. The van der Waals surface area contributed by atoms with Crippen LogP contribution < -0.4 is 5.32 Å². The Balaban J connectivity index is 0.00000157. The summed E-state index contributed by atoms with van der Waals surface area (Å²) in [6.45, 7) is 4.81. The molecule has 3 fully saturated rings. The standard InChI is InChI=1S/C18H27N5O.ClH/c24-18(17-14-10-19-7-5-15(14)20-21-17)22-9-6-16-12(11-22)2-1-8-23(16)13-3-4-13;/h12-13,16,19H,1-11H2,(H,20,21);1H. The van der Waals surface area contributed by atoms with Crippen molar-refractivity contribution in [1.29, 1.82) is 0 Å². The van der Waals surface area contributed by atoms with E-state index in [0.29, 0.717) is 17.7 Å². The number of halogens is 1. The van der Waals surface area contributed by atoms with Crippen LogP contribution in [0.25, 0.3) is 0 Å². The van der Waals surface area contributed by atoms with Crippen LogP contribution >= 0.6 is 12.4 Å². The molecule has 2 unspecified atom stereocenters. The van der Waals surface area contributed by atoms with Crippen LogP contribution in [0.4, 0.5) is 0 Å². The van der Waals surface area contributed by atoms with Crippen molar-refractivity contribution in [3.8, 4) is 0 Å². The monoisotopic (exact) mass is 365 g/mol. The maximum atomic E-state index is 13.0. The average molecular weight is 366 g/mol. The van der Waals surface area contributed by atoms with Crippen LogP contribution in [0.1, 0.15) is 53.8 Å². The summed E-state index contributed by atoms with van der Waals surface area (Å²) in [5.74, 6) is 0.795. The third kappa shape index (κ3) is 3.09. The van der Waals surface area contributed by atoms with E-state index in [0.717, 1.165) is 56.3 Å². The van der Waals surface area contributed by atoms with E-state index in [2.05, 4.69) is 25.3 Å². The van der Waals surface area contributed by atoms with Crippen LogP contribution in [0.2, 0.25) is 0 Å². The molecule has 3 aliphatic heterocycles. The zero-order valence-corrected chi connectivity index (χ0v) is 15.5. The van der Waals surface area contributed by atoms with Gasteiger partial charge in [0.05, 0.1) is 0 Å². The van der Waals surface area contributed by atoms with Gasteiger partial charge in [0.15, 0.2) is 5.69 Å². The molecule has 1 saturated carbocycles. The Kier molecular flexibility index (Phi) is 4.77. The lowest BCUT2D eigenvalue weighted by Crippen LogP contribution is -2.55. The number of amides is 1. The SMILES string of the molecule is Cl.O=C(c1n[nH]c2c1CNCC2)N1CCC2C(CCCN2C2CC2)C1. The summed E-state index contributed by atoms with van der Waals surface area (Å²) < 4.78 is 0. The molecule has 25 heavy (non-hydrogen) atoms. The molecule has 0 bridgehead atoms. The molecule has 1 amide bonds. The topological polar surface area (TPSA) is 64.3 Å². The van der Waals surface area contributed by atoms with Gasteiger partial charge in [0, 0.05) is 55.9 Å². The first-order valence-corrected chi connectivity index (χ1v) is 9.63. The van der Waals surface area contributed by atoms with Gasteiger partial charge < -0.3 is 10.2 Å². The van der Waals surface area contributed by atoms with Crippen molar-refractivity contribution >= 4 is 18.3 Å². The highest BCUT2D eigenvalue weighted by Gasteiger charge is 2.43. The van der Waals surface area contributed by atoms with E-state index in [-0.39, 0.29) is 18.3 Å². The minimum atomic E-state index is 0. The molecule has 138 valence electrons. The lowest BCUT2D eigenvalue weighted by molar-refractivity contribution is 0.0171. The van der Waals surface area contributed by atoms with Gasteiger partial charge in [0.1, 0.15) is 0 Å². The first-order chi connectivity index (χ1) is 11.8. The van der Waals surface area contributed by atoms with Crippen LogP contribution in [0.5, 0.6) is 0 Å². The van der Waals surface area contributed by atoms with Crippen molar-refractivity contribution in [3.63, 3.8) is 0 Å². The average Bonchev–Trinajstić information content (AvgIpc) is 3.39. The maximum Gasteiger partial charge on any atom is 0.274 e. The van der Waals surface area contributed by atoms with Gasteiger partial charge in [-0.05, 0) is 44.6 Å². The Hall–Kier alpha value is -1.11. The second-order valence-electron chi connectivity index (χ2n) is 7.93. The number of fused-ring (bicyclic) bond motifs is 2. The molecule has 1 aromatic heterocycles. The molecule has 0 aromatic carbocycles. The third-order valence-corrected chi connectivity index (χ3v) is 6.42. The van der Waals surface area contributed by atoms with Crippen LogP contribution in [-0.2, 0) is 13.0 Å². The van der Waals surface area contributed by atoms with E-state index in [9.17, 15) is 4.79 Å². The minimum absolute atomic E-state index is 0. The largest absolute Gasteiger partial charge is 0.337 e. The summed E-state index contributed by atoms with van der Waals surface area (Å²) in [6, 6.07) is 1.56. The number of hydrogen-bond acceptors (Lipinski definition) is 4. The number of nitrogens with zero attached hydrogens (tertiary/aromatic N) is 3. The van der Waals surface area contributed by atoms with Crippen molar-refractivity contribution in [2.75, 3.05) is 26.2 Å². The molecule has 2 saturated heterocycles. The molecular weight excluding hydrogens is 338 g/mol. The number of nitrogens with one attached hydrogen (secondary N) is 2. The molecular formula is C18H28ClN5O. The first kappa shape index (κ1) is 17.3. The fourth-order valence-corrected chi connectivity index (χ4v) is 5.04. The van der Waals surface area contributed by atoms with Crippen molar-refractivity contribution in [2.45, 2.75) is 57.2 Å². The summed E-state index contributed by atoms with van der Waals surface area (Å²) in [4.78, 5) is 17.9. The number of piperidine rings is 2. The molecule has 4 aliphatic rings. The van der Waals surface area contributed by atoms with Crippen LogP contribution in [0.15, 0.2) is 0 Å². The molecule has 2 atom stereocenters. The molecule has 1 aromatic rings. The van der Waals surface area contributed by atoms with E-state index in [1.54, 1.807) is 0 Å². The van der Waals surface area contributed by atoms with E-state index >= 15 is 0 Å². The second-order valence-corrected chi connectivity index (χ2v) is 7.93. The van der Waals surface area contributed by atoms with Gasteiger partial charge >= 0.3 is 0 Å². The van der Waals surface area contributed by atoms with E-state index in [4.69, 9.17) is 0 Å². The fourth-order valence-electron chi connectivity index (χ4n) is 5.04. The third-order valence-electron chi connectivity index (χ3n) is 6.42. The molecule has 7 heteroatoms. The lowest BCUT2D eigenvalue weighted by atomic mass is 9.83. The Labute approximate surface area is 155 Å². The predicted octanol–water partition coefficient (Wildman–Crippen LogP) is 1.57. The van der Waals surface area contributed by atoms with Gasteiger partial charge in [-0.25, -0.2) is 0 Å². The van der Waals surface area contributed by atoms with Gasteiger partial charge in [-0.1, -0.05) is 0 Å². The molecule has 0 radical (unpaired) electrons. The molecule has 1 aliphatic carbocycles. The normalized spacial score (nSPS) is 29.5.